The third kappa shape index (κ3) is 3.59. The van der Waals surface area contributed by atoms with Gasteiger partial charge in [-0.2, -0.15) is 0 Å². The van der Waals surface area contributed by atoms with Crippen LogP contribution in [0.2, 0.25) is 0 Å². The number of carbonyl (C=O) groups excluding carboxylic acids is 2. The SMILES string of the molecule is CN(C)C(=O)c1ccc(C(=O)NC(C(=O)O)C2CC2)cc1. The van der Waals surface area contributed by atoms with Gasteiger partial charge in [-0.1, -0.05) is 0 Å². The Morgan fingerprint density at radius 3 is 2.10 bits per heavy atom. The van der Waals surface area contributed by atoms with E-state index < -0.39 is 17.9 Å². The largest absolute Gasteiger partial charge is 0.480 e. The Bertz CT molecular complexity index is 562. The highest BCUT2D eigenvalue weighted by atomic mass is 16.4. The summed E-state index contributed by atoms with van der Waals surface area (Å²) >= 11 is 0. The van der Waals surface area contributed by atoms with Crippen molar-refractivity contribution >= 4 is 17.8 Å². The summed E-state index contributed by atoms with van der Waals surface area (Å²) < 4.78 is 0. The smallest absolute Gasteiger partial charge is 0.326 e. The van der Waals surface area contributed by atoms with Gasteiger partial charge in [0.15, 0.2) is 0 Å². The highest BCUT2D eigenvalue weighted by Crippen LogP contribution is 2.32. The van der Waals surface area contributed by atoms with Crippen LogP contribution in [0, 0.1) is 5.92 Å². The molecule has 2 rings (SSSR count). The first-order chi connectivity index (χ1) is 9.90. The predicted molar refractivity (Wildman–Crippen MR) is 76.1 cm³/mol. The summed E-state index contributed by atoms with van der Waals surface area (Å²) in [4.78, 5) is 36.3. The summed E-state index contributed by atoms with van der Waals surface area (Å²) in [5, 5.41) is 11.6. The molecule has 21 heavy (non-hydrogen) atoms. The first kappa shape index (κ1) is 15.0. The molecule has 2 N–H and O–H groups in total. The number of carboxylic acids is 1. The zero-order valence-electron chi connectivity index (χ0n) is 12.0. The molecule has 0 radical (unpaired) electrons. The third-order valence-electron chi connectivity index (χ3n) is 3.45. The van der Waals surface area contributed by atoms with E-state index in [4.69, 9.17) is 5.11 Å². The molecule has 112 valence electrons. The Kier molecular flexibility index (Phi) is 4.26. The number of nitrogens with one attached hydrogen (secondary N) is 1. The van der Waals surface area contributed by atoms with Gasteiger partial charge in [0, 0.05) is 25.2 Å². The van der Waals surface area contributed by atoms with Crippen molar-refractivity contribution in [2.45, 2.75) is 18.9 Å². The Morgan fingerprint density at radius 1 is 1.14 bits per heavy atom. The Labute approximate surface area is 122 Å². The van der Waals surface area contributed by atoms with Gasteiger partial charge >= 0.3 is 5.97 Å². The molecule has 0 heterocycles. The summed E-state index contributed by atoms with van der Waals surface area (Å²) in [6.07, 6.45) is 1.65. The van der Waals surface area contributed by atoms with E-state index in [0.29, 0.717) is 11.1 Å². The summed E-state index contributed by atoms with van der Waals surface area (Å²) in [7, 11) is 3.30. The number of benzene rings is 1. The first-order valence-corrected chi connectivity index (χ1v) is 6.75. The van der Waals surface area contributed by atoms with Gasteiger partial charge in [-0.3, -0.25) is 9.59 Å². The normalized spacial score (nSPS) is 15.1. The highest BCUT2D eigenvalue weighted by Gasteiger charge is 2.37. The molecule has 1 fully saturated rings. The number of nitrogens with zero attached hydrogens (tertiary/aromatic N) is 1. The lowest BCUT2D eigenvalue weighted by Gasteiger charge is -2.14. The monoisotopic (exact) mass is 290 g/mol. The number of carbonyl (C=O) groups is 3. The summed E-state index contributed by atoms with van der Waals surface area (Å²) in [5.41, 5.74) is 0.825. The fraction of sp³-hybridized carbons (Fsp3) is 0.400. The maximum absolute atomic E-state index is 12.0. The lowest BCUT2D eigenvalue weighted by atomic mass is 10.1. The van der Waals surface area contributed by atoms with Crippen LogP contribution in [0.4, 0.5) is 0 Å². The van der Waals surface area contributed by atoms with Crippen molar-refractivity contribution in [2.75, 3.05) is 14.1 Å². The predicted octanol–water partition coefficient (Wildman–Crippen LogP) is 0.981. The Balaban J connectivity index is 2.06. The van der Waals surface area contributed by atoms with Crippen molar-refractivity contribution in [1.29, 1.82) is 0 Å². The van der Waals surface area contributed by atoms with E-state index in [-0.39, 0.29) is 11.8 Å². The van der Waals surface area contributed by atoms with Gasteiger partial charge in [0.2, 0.25) is 0 Å². The Hall–Kier alpha value is -2.37. The maximum Gasteiger partial charge on any atom is 0.326 e. The highest BCUT2D eigenvalue weighted by molar-refractivity contribution is 5.99. The van der Waals surface area contributed by atoms with Gasteiger partial charge in [0.1, 0.15) is 6.04 Å². The molecular weight excluding hydrogens is 272 g/mol. The van der Waals surface area contributed by atoms with Gasteiger partial charge in [0.05, 0.1) is 0 Å². The average Bonchev–Trinajstić information content (AvgIpc) is 3.27. The van der Waals surface area contributed by atoms with Crippen molar-refractivity contribution in [3.63, 3.8) is 0 Å². The van der Waals surface area contributed by atoms with Gasteiger partial charge in [0.25, 0.3) is 11.8 Å². The fourth-order valence-corrected chi connectivity index (χ4v) is 2.06. The van der Waals surface area contributed by atoms with Crippen molar-refractivity contribution < 1.29 is 19.5 Å². The molecule has 1 aliphatic carbocycles. The number of hydrogen-bond acceptors (Lipinski definition) is 3. The van der Waals surface area contributed by atoms with Crippen LogP contribution in [0.25, 0.3) is 0 Å². The van der Waals surface area contributed by atoms with Crippen LogP contribution in [0.15, 0.2) is 24.3 Å². The third-order valence-corrected chi connectivity index (χ3v) is 3.45. The van der Waals surface area contributed by atoms with Crippen molar-refractivity contribution in [3.05, 3.63) is 35.4 Å². The average molecular weight is 290 g/mol. The topological polar surface area (TPSA) is 86.7 Å². The zero-order valence-corrected chi connectivity index (χ0v) is 12.0. The van der Waals surface area contributed by atoms with Crippen LogP contribution in [-0.2, 0) is 4.79 Å². The number of aliphatic carboxylic acids is 1. The summed E-state index contributed by atoms with van der Waals surface area (Å²) in [6, 6.07) is 5.34. The van der Waals surface area contributed by atoms with Gasteiger partial charge in [-0.15, -0.1) is 0 Å². The molecule has 0 spiro atoms. The number of amides is 2. The van der Waals surface area contributed by atoms with Crippen molar-refractivity contribution in [2.24, 2.45) is 5.92 Å². The lowest BCUT2D eigenvalue weighted by molar-refractivity contribution is -0.139. The van der Waals surface area contributed by atoms with E-state index in [1.807, 2.05) is 0 Å². The van der Waals surface area contributed by atoms with E-state index in [2.05, 4.69) is 5.32 Å². The van der Waals surface area contributed by atoms with E-state index in [1.54, 1.807) is 26.2 Å². The van der Waals surface area contributed by atoms with Gasteiger partial charge in [-0.05, 0) is 43.0 Å². The number of hydrogen-bond donors (Lipinski definition) is 2. The van der Waals surface area contributed by atoms with Crippen LogP contribution in [0.5, 0.6) is 0 Å². The van der Waals surface area contributed by atoms with Crippen LogP contribution in [0.1, 0.15) is 33.6 Å². The molecule has 1 atom stereocenters. The van der Waals surface area contributed by atoms with Crippen LogP contribution in [0.3, 0.4) is 0 Å². The summed E-state index contributed by atoms with van der Waals surface area (Å²) in [6.45, 7) is 0. The van der Waals surface area contributed by atoms with Crippen LogP contribution < -0.4 is 5.32 Å². The minimum absolute atomic E-state index is 0.0287. The minimum Gasteiger partial charge on any atom is -0.480 e. The molecule has 0 aromatic heterocycles. The molecule has 1 aromatic carbocycles. The molecule has 1 aromatic rings. The second-order valence-corrected chi connectivity index (χ2v) is 5.40. The van der Waals surface area contributed by atoms with Gasteiger partial charge < -0.3 is 15.3 Å². The second kappa shape index (κ2) is 5.95. The molecule has 1 unspecified atom stereocenters. The molecular formula is C15H18N2O4. The summed E-state index contributed by atoms with van der Waals surface area (Å²) in [5.74, 6) is -1.56. The molecule has 6 heteroatoms. The van der Waals surface area contributed by atoms with Crippen LogP contribution >= 0.6 is 0 Å². The number of rotatable bonds is 5. The molecule has 0 saturated heterocycles. The van der Waals surface area contributed by atoms with Gasteiger partial charge in [-0.25, -0.2) is 4.79 Å². The first-order valence-electron chi connectivity index (χ1n) is 6.75. The molecule has 0 bridgehead atoms. The molecule has 2 amide bonds. The number of carboxylic acid groups (broad SMARTS) is 1. The van der Waals surface area contributed by atoms with Crippen LogP contribution in [-0.4, -0.2) is 47.9 Å². The van der Waals surface area contributed by atoms with Crippen molar-refractivity contribution in [3.8, 4) is 0 Å². The quantitative estimate of drug-likeness (QED) is 0.846. The van der Waals surface area contributed by atoms with E-state index in [0.717, 1.165) is 12.8 Å². The molecule has 1 saturated carbocycles. The zero-order chi connectivity index (χ0) is 15.6. The van der Waals surface area contributed by atoms with Crippen molar-refractivity contribution in [1.82, 2.24) is 10.2 Å². The van der Waals surface area contributed by atoms with E-state index in [1.165, 1.54) is 17.0 Å². The minimum atomic E-state index is -1.01. The second-order valence-electron chi connectivity index (χ2n) is 5.40. The standard InChI is InChI=1S/C15H18N2O4/c1-17(2)14(19)11-7-5-10(6-8-11)13(18)16-12(15(20)21)9-3-4-9/h5-9,12H,3-4H2,1-2H3,(H,16,18)(H,20,21). The van der Waals surface area contributed by atoms with E-state index in [9.17, 15) is 14.4 Å². The molecule has 6 nitrogen and oxygen atoms in total. The lowest BCUT2D eigenvalue weighted by Crippen LogP contribution is -2.42. The van der Waals surface area contributed by atoms with E-state index >= 15 is 0 Å². The molecule has 1 aliphatic rings. The molecule has 0 aliphatic heterocycles. The Morgan fingerprint density at radius 2 is 1.67 bits per heavy atom. The maximum atomic E-state index is 12.0. The fourth-order valence-electron chi connectivity index (χ4n) is 2.06.